The Balaban J connectivity index is 2.87. The van der Waals surface area contributed by atoms with Crippen LogP contribution < -0.4 is 0 Å². The molecule has 0 aromatic rings. The van der Waals surface area contributed by atoms with Gasteiger partial charge in [0.2, 0.25) is 0 Å². The summed E-state index contributed by atoms with van der Waals surface area (Å²) in [5.41, 5.74) is -0.192. The van der Waals surface area contributed by atoms with Crippen molar-refractivity contribution in [2.75, 3.05) is 21.2 Å². The topological polar surface area (TPSA) is 51.1 Å². The molecule has 0 N–H and O–H groups in total. The fourth-order valence-electron chi connectivity index (χ4n) is 1.44. The molecule has 1 heterocycles. The molecule has 1 atom stereocenters. The Hall–Kier alpha value is -1.10. The number of esters is 1. The molecule has 0 aromatic carbocycles. The number of likely N-dealkylation sites (N-methyl/N-ethyl adjacent to an activating group) is 1. The number of oxime groups is 1. The summed E-state index contributed by atoms with van der Waals surface area (Å²) < 4.78 is 4.75. The number of ether oxygens (including phenoxy) is 1. The Labute approximate surface area is 90.0 Å². The van der Waals surface area contributed by atoms with Crippen LogP contribution in [0.1, 0.15) is 20.3 Å². The van der Waals surface area contributed by atoms with Crippen molar-refractivity contribution in [3.05, 3.63) is 0 Å². The number of hydrogen-bond acceptors (Lipinski definition) is 5. The van der Waals surface area contributed by atoms with Crippen LogP contribution in [-0.4, -0.2) is 43.5 Å². The predicted molar refractivity (Wildman–Crippen MR) is 56.4 cm³/mol. The third kappa shape index (κ3) is 1.97. The summed E-state index contributed by atoms with van der Waals surface area (Å²) in [4.78, 5) is 18.6. The van der Waals surface area contributed by atoms with Crippen LogP contribution in [0, 0.1) is 5.92 Å². The molecule has 0 bridgehead atoms. The van der Waals surface area contributed by atoms with E-state index in [9.17, 15) is 4.79 Å². The number of carbonyl (C=O) groups is 1. The van der Waals surface area contributed by atoms with Crippen LogP contribution in [0.5, 0.6) is 0 Å². The van der Waals surface area contributed by atoms with E-state index in [0.29, 0.717) is 6.42 Å². The minimum atomic E-state index is -1.08. The third-order valence-corrected chi connectivity index (χ3v) is 2.63. The van der Waals surface area contributed by atoms with Crippen LogP contribution >= 0.6 is 0 Å². The summed E-state index contributed by atoms with van der Waals surface area (Å²) in [5.74, 6) is -0.136. The molecular weight excluding hydrogens is 196 g/mol. The number of hydrogen-bond donors (Lipinski definition) is 0. The van der Waals surface area contributed by atoms with Gasteiger partial charge in [-0.15, -0.1) is 0 Å². The van der Waals surface area contributed by atoms with E-state index in [-0.39, 0.29) is 5.92 Å². The van der Waals surface area contributed by atoms with Crippen LogP contribution in [0.25, 0.3) is 0 Å². The molecule has 0 fully saturated rings. The molecule has 1 rings (SSSR count). The lowest BCUT2D eigenvalue weighted by Crippen LogP contribution is -2.52. The van der Waals surface area contributed by atoms with Crippen molar-refractivity contribution in [2.45, 2.75) is 26.0 Å². The first-order valence-electron chi connectivity index (χ1n) is 4.95. The van der Waals surface area contributed by atoms with Gasteiger partial charge < -0.3 is 9.57 Å². The molecular formula is C10H18N2O3. The van der Waals surface area contributed by atoms with Gasteiger partial charge in [0.1, 0.15) is 0 Å². The van der Waals surface area contributed by atoms with E-state index in [1.165, 1.54) is 7.11 Å². The van der Waals surface area contributed by atoms with Gasteiger partial charge in [0.15, 0.2) is 0 Å². The van der Waals surface area contributed by atoms with Gasteiger partial charge in [-0.3, -0.25) is 4.90 Å². The Morgan fingerprint density at radius 1 is 1.60 bits per heavy atom. The van der Waals surface area contributed by atoms with Crippen molar-refractivity contribution in [1.29, 1.82) is 0 Å². The van der Waals surface area contributed by atoms with Crippen molar-refractivity contribution < 1.29 is 14.4 Å². The first kappa shape index (κ1) is 12.0. The molecule has 86 valence electrons. The van der Waals surface area contributed by atoms with E-state index in [2.05, 4.69) is 5.16 Å². The average molecular weight is 214 g/mol. The number of carbonyl (C=O) groups excluding carboxylic acids is 1. The fourth-order valence-corrected chi connectivity index (χ4v) is 1.44. The van der Waals surface area contributed by atoms with Crippen molar-refractivity contribution in [3.8, 4) is 0 Å². The summed E-state index contributed by atoms with van der Waals surface area (Å²) in [5, 5.41) is 3.95. The van der Waals surface area contributed by atoms with Gasteiger partial charge in [0.05, 0.1) is 19.2 Å². The molecule has 1 aliphatic rings. The molecule has 15 heavy (non-hydrogen) atoms. The van der Waals surface area contributed by atoms with E-state index in [0.717, 1.165) is 5.71 Å². The van der Waals surface area contributed by atoms with Crippen molar-refractivity contribution in [2.24, 2.45) is 11.1 Å². The van der Waals surface area contributed by atoms with Gasteiger partial charge >= 0.3 is 5.97 Å². The van der Waals surface area contributed by atoms with Gasteiger partial charge in [-0.05, 0) is 20.0 Å². The summed E-state index contributed by atoms with van der Waals surface area (Å²) in [6.45, 7) is 4.04. The van der Waals surface area contributed by atoms with E-state index in [4.69, 9.17) is 9.57 Å². The minimum absolute atomic E-state index is 0.275. The molecule has 1 unspecified atom stereocenters. The van der Waals surface area contributed by atoms with Gasteiger partial charge in [0.25, 0.3) is 5.72 Å². The van der Waals surface area contributed by atoms with Gasteiger partial charge in [-0.1, -0.05) is 19.0 Å². The summed E-state index contributed by atoms with van der Waals surface area (Å²) in [7, 11) is 4.90. The number of methoxy groups -OCH3 is 1. The lowest BCUT2D eigenvalue weighted by molar-refractivity contribution is -0.188. The molecule has 0 spiro atoms. The smallest absolute Gasteiger partial charge is 0.369 e. The largest absolute Gasteiger partial charge is 0.465 e. The molecule has 5 nitrogen and oxygen atoms in total. The van der Waals surface area contributed by atoms with E-state index >= 15 is 0 Å². The Bertz CT molecular complexity index is 286. The zero-order chi connectivity index (χ0) is 11.6. The molecule has 0 saturated heterocycles. The Morgan fingerprint density at radius 3 is 2.53 bits per heavy atom. The molecule has 0 aliphatic carbocycles. The quantitative estimate of drug-likeness (QED) is 0.653. The first-order chi connectivity index (χ1) is 6.94. The Kier molecular flexibility index (Phi) is 3.34. The van der Waals surface area contributed by atoms with Crippen LogP contribution in [0.15, 0.2) is 5.16 Å². The molecule has 0 saturated carbocycles. The second-order valence-electron chi connectivity index (χ2n) is 4.18. The first-order valence-corrected chi connectivity index (χ1v) is 4.95. The zero-order valence-electron chi connectivity index (χ0n) is 9.90. The molecule has 5 heteroatoms. The highest BCUT2D eigenvalue weighted by Gasteiger charge is 2.50. The lowest BCUT2D eigenvalue weighted by atomic mass is 9.98. The van der Waals surface area contributed by atoms with Gasteiger partial charge in [-0.25, -0.2) is 4.79 Å². The summed E-state index contributed by atoms with van der Waals surface area (Å²) in [6.07, 6.45) is 0.463. The van der Waals surface area contributed by atoms with Crippen molar-refractivity contribution in [1.82, 2.24) is 4.90 Å². The zero-order valence-corrected chi connectivity index (χ0v) is 9.90. The van der Waals surface area contributed by atoms with Crippen molar-refractivity contribution in [3.63, 3.8) is 0 Å². The molecule has 0 aromatic heterocycles. The normalized spacial score (nSPS) is 25.4. The van der Waals surface area contributed by atoms with Crippen LogP contribution in [0.4, 0.5) is 0 Å². The average Bonchev–Trinajstić information content (AvgIpc) is 2.62. The molecule has 0 amide bonds. The summed E-state index contributed by atoms with van der Waals surface area (Å²) >= 11 is 0. The number of rotatable bonds is 3. The van der Waals surface area contributed by atoms with Gasteiger partial charge in [0, 0.05) is 0 Å². The highest BCUT2D eigenvalue weighted by molar-refractivity contribution is 5.94. The minimum Gasteiger partial charge on any atom is -0.465 e. The second kappa shape index (κ2) is 4.18. The van der Waals surface area contributed by atoms with Crippen LogP contribution in [-0.2, 0) is 14.4 Å². The van der Waals surface area contributed by atoms with E-state index in [1.807, 2.05) is 13.8 Å². The monoisotopic (exact) mass is 214 g/mol. The standard InChI is InChI=1S/C10H18N2O3/c1-7(2)8-6-10(12(3)4,15-11-8)9(13)14-5/h7H,6H2,1-5H3. The SMILES string of the molecule is COC(=O)C1(N(C)C)CC(C(C)C)=NO1. The highest BCUT2D eigenvalue weighted by Crippen LogP contribution is 2.29. The van der Waals surface area contributed by atoms with E-state index < -0.39 is 11.7 Å². The predicted octanol–water partition coefficient (Wildman–Crippen LogP) is 0.850. The maximum Gasteiger partial charge on any atom is 0.369 e. The maximum atomic E-state index is 11.7. The number of nitrogens with zero attached hydrogens (tertiary/aromatic N) is 2. The third-order valence-electron chi connectivity index (χ3n) is 2.63. The molecule has 1 aliphatic heterocycles. The maximum absolute atomic E-state index is 11.7. The van der Waals surface area contributed by atoms with Gasteiger partial charge in [-0.2, -0.15) is 0 Å². The molecule has 0 radical (unpaired) electrons. The van der Waals surface area contributed by atoms with Crippen LogP contribution in [0.2, 0.25) is 0 Å². The van der Waals surface area contributed by atoms with E-state index in [1.54, 1.807) is 19.0 Å². The van der Waals surface area contributed by atoms with Crippen LogP contribution in [0.3, 0.4) is 0 Å². The Morgan fingerprint density at radius 2 is 2.20 bits per heavy atom. The van der Waals surface area contributed by atoms with Crippen molar-refractivity contribution >= 4 is 11.7 Å². The fraction of sp³-hybridized carbons (Fsp3) is 0.800. The lowest BCUT2D eigenvalue weighted by Gasteiger charge is -2.30. The second-order valence-corrected chi connectivity index (χ2v) is 4.18. The summed E-state index contributed by atoms with van der Waals surface area (Å²) in [6, 6.07) is 0. The highest BCUT2D eigenvalue weighted by atomic mass is 16.7.